The summed E-state index contributed by atoms with van der Waals surface area (Å²) in [6.45, 7) is 3.07. The molecule has 0 spiro atoms. The van der Waals surface area contributed by atoms with Crippen LogP contribution in [0.3, 0.4) is 0 Å². The fourth-order valence-electron chi connectivity index (χ4n) is 4.18. The number of sulfone groups is 1. The van der Waals surface area contributed by atoms with Gasteiger partial charge in [-0.15, -0.1) is 0 Å². The summed E-state index contributed by atoms with van der Waals surface area (Å²) in [7, 11) is -3.22. The number of aryl methyl sites for hydroxylation is 1. The third-order valence-electron chi connectivity index (χ3n) is 6.28. The first-order valence-electron chi connectivity index (χ1n) is 11.2. The lowest BCUT2D eigenvalue weighted by Gasteiger charge is -2.32. The quantitative estimate of drug-likeness (QED) is 0.500. The van der Waals surface area contributed by atoms with Gasteiger partial charge in [0, 0.05) is 36.8 Å². The largest absolute Gasteiger partial charge is 0.339 e. The van der Waals surface area contributed by atoms with Gasteiger partial charge in [0.2, 0.25) is 0 Å². The van der Waals surface area contributed by atoms with Crippen LogP contribution in [0.5, 0.6) is 0 Å². The lowest BCUT2D eigenvalue weighted by atomic mass is 9.89. The molecule has 0 aliphatic carbocycles. The van der Waals surface area contributed by atoms with Crippen LogP contribution in [0.2, 0.25) is 5.15 Å². The fourth-order valence-corrected chi connectivity index (χ4v) is 4.92. The Morgan fingerprint density at radius 2 is 1.66 bits per heavy atom. The number of nitrogens with one attached hydrogen (secondary N) is 1. The van der Waals surface area contributed by atoms with E-state index in [4.69, 9.17) is 11.6 Å². The fraction of sp³-hybridized carbons (Fsp3) is 0.269. The Labute approximate surface area is 210 Å². The number of carbonyl (C=O) groups is 2. The molecule has 0 radical (unpaired) electrons. The Morgan fingerprint density at radius 3 is 2.26 bits per heavy atom. The van der Waals surface area contributed by atoms with Crippen molar-refractivity contribution in [3.63, 3.8) is 0 Å². The maximum atomic E-state index is 13.2. The van der Waals surface area contributed by atoms with Gasteiger partial charge in [-0.25, -0.2) is 13.4 Å². The van der Waals surface area contributed by atoms with E-state index in [-0.39, 0.29) is 17.7 Å². The van der Waals surface area contributed by atoms with Crippen LogP contribution < -0.4 is 5.32 Å². The van der Waals surface area contributed by atoms with Gasteiger partial charge in [0.15, 0.2) is 9.84 Å². The number of benzene rings is 2. The number of carbonyl (C=O) groups excluding carboxylic acids is 2. The monoisotopic (exact) mass is 511 g/mol. The van der Waals surface area contributed by atoms with Gasteiger partial charge in [-0.3, -0.25) is 9.59 Å². The maximum Gasteiger partial charge on any atom is 0.257 e. The number of likely N-dealkylation sites (tertiary alicyclic amines) is 1. The Hall–Kier alpha value is -3.23. The van der Waals surface area contributed by atoms with Gasteiger partial charge >= 0.3 is 0 Å². The molecule has 9 heteroatoms. The molecule has 1 aliphatic rings. The second-order valence-electron chi connectivity index (χ2n) is 8.76. The third kappa shape index (κ3) is 5.89. The van der Waals surface area contributed by atoms with Crippen LogP contribution in [0, 0.1) is 6.92 Å². The summed E-state index contributed by atoms with van der Waals surface area (Å²) in [6, 6.07) is 15.4. The van der Waals surface area contributed by atoms with Crippen molar-refractivity contribution in [3.05, 3.63) is 88.2 Å². The zero-order valence-corrected chi connectivity index (χ0v) is 21.1. The standard InChI is InChI=1S/C26H26ClN3O4S/c1-17-3-4-20(15-23(17)29-25(31)21-7-10-24(27)28-16-21)26(32)30-13-11-19(12-14-30)18-5-8-22(9-6-18)35(2,33)34/h3-10,15-16,19H,11-14H2,1-2H3,(H,29,31). The molecule has 35 heavy (non-hydrogen) atoms. The van der Waals surface area contributed by atoms with Crippen LogP contribution in [0.25, 0.3) is 0 Å². The van der Waals surface area contributed by atoms with E-state index in [1.807, 2.05) is 30.0 Å². The maximum absolute atomic E-state index is 13.2. The molecule has 3 aromatic rings. The van der Waals surface area contributed by atoms with Crippen molar-refractivity contribution in [3.8, 4) is 0 Å². The van der Waals surface area contributed by atoms with Crippen LogP contribution in [0.1, 0.15) is 50.6 Å². The smallest absolute Gasteiger partial charge is 0.257 e. The van der Waals surface area contributed by atoms with Gasteiger partial charge in [-0.05, 0) is 73.2 Å². The minimum absolute atomic E-state index is 0.0838. The van der Waals surface area contributed by atoms with Crippen LogP contribution >= 0.6 is 11.6 Å². The molecule has 1 fully saturated rings. The summed E-state index contributed by atoms with van der Waals surface area (Å²) in [5, 5.41) is 3.16. The van der Waals surface area contributed by atoms with E-state index in [1.165, 1.54) is 12.5 Å². The number of amides is 2. The van der Waals surface area contributed by atoms with Crippen LogP contribution in [-0.4, -0.2) is 49.5 Å². The van der Waals surface area contributed by atoms with E-state index in [0.717, 1.165) is 24.0 Å². The molecule has 1 aliphatic heterocycles. The van der Waals surface area contributed by atoms with Crippen molar-refractivity contribution in [2.45, 2.75) is 30.6 Å². The van der Waals surface area contributed by atoms with Gasteiger partial charge in [-0.2, -0.15) is 0 Å². The second kappa shape index (κ2) is 10.2. The van der Waals surface area contributed by atoms with Gasteiger partial charge in [0.1, 0.15) is 5.15 Å². The van der Waals surface area contributed by atoms with E-state index in [9.17, 15) is 18.0 Å². The summed E-state index contributed by atoms with van der Waals surface area (Å²) in [6.07, 6.45) is 4.19. The Kier molecular flexibility index (Phi) is 7.23. The van der Waals surface area contributed by atoms with E-state index in [2.05, 4.69) is 10.3 Å². The molecule has 2 heterocycles. The second-order valence-corrected chi connectivity index (χ2v) is 11.2. The number of hydrogen-bond acceptors (Lipinski definition) is 5. The zero-order chi connectivity index (χ0) is 25.2. The summed E-state index contributed by atoms with van der Waals surface area (Å²) in [5.74, 6) is -0.141. The molecule has 4 rings (SSSR count). The van der Waals surface area contributed by atoms with Crippen molar-refractivity contribution in [2.75, 3.05) is 24.7 Å². The van der Waals surface area contributed by atoms with Crippen LogP contribution in [0.15, 0.2) is 65.7 Å². The molecule has 0 atom stereocenters. The van der Waals surface area contributed by atoms with E-state index in [1.54, 1.807) is 36.4 Å². The number of halogens is 1. The number of anilines is 1. The molecular formula is C26H26ClN3O4S. The minimum atomic E-state index is -3.22. The number of pyridine rings is 1. The molecule has 182 valence electrons. The molecule has 0 bridgehead atoms. The molecule has 2 aromatic carbocycles. The number of rotatable bonds is 5. The van der Waals surface area contributed by atoms with Crippen molar-refractivity contribution in [2.24, 2.45) is 0 Å². The normalized spacial score (nSPS) is 14.5. The van der Waals surface area contributed by atoms with Crippen molar-refractivity contribution in [1.82, 2.24) is 9.88 Å². The predicted molar refractivity (Wildman–Crippen MR) is 136 cm³/mol. The van der Waals surface area contributed by atoms with Crippen molar-refractivity contribution < 1.29 is 18.0 Å². The zero-order valence-electron chi connectivity index (χ0n) is 19.5. The molecule has 0 saturated carbocycles. The third-order valence-corrected chi connectivity index (χ3v) is 7.64. The average Bonchev–Trinajstić information content (AvgIpc) is 2.85. The lowest BCUT2D eigenvalue weighted by Crippen LogP contribution is -2.38. The number of nitrogens with zero attached hydrogens (tertiary/aromatic N) is 2. The summed E-state index contributed by atoms with van der Waals surface area (Å²) in [5.41, 5.74) is 3.37. The molecule has 7 nitrogen and oxygen atoms in total. The van der Waals surface area contributed by atoms with E-state index in [0.29, 0.717) is 40.0 Å². The van der Waals surface area contributed by atoms with Crippen LogP contribution in [-0.2, 0) is 9.84 Å². The van der Waals surface area contributed by atoms with E-state index >= 15 is 0 Å². The number of hydrogen-bond donors (Lipinski definition) is 1. The number of piperidine rings is 1. The van der Waals surface area contributed by atoms with Gasteiger partial charge < -0.3 is 10.2 Å². The molecule has 2 amide bonds. The highest BCUT2D eigenvalue weighted by Crippen LogP contribution is 2.30. The topological polar surface area (TPSA) is 96.4 Å². The van der Waals surface area contributed by atoms with Crippen molar-refractivity contribution >= 4 is 38.9 Å². The van der Waals surface area contributed by atoms with Gasteiger partial charge in [0.05, 0.1) is 10.5 Å². The first-order valence-corrected chi connectivity index (χ1v) is 13.5. The van der Waals surface area contributed by atoms with E-state index < -0.39 is 9.84 Å². The first-order chi connectivity index (χ1) is 16.6. The van der Waals surface area contributed by atoms with Gasteiger partial charge in [-0.1, -0.05) is 29.8 Å². The highest BCUT2D eigenvalue weighted by atomic mass is 35.5. The summed E-state index contributed by atoms with van der Waals surface area (Å²) >= 11 is 5.79. The Bertz CT molecular complexity index is 1350. The minimum Gasteiger partial charge on any atom is -0.339 e. The molecule has 1 N–H and O–H groups in total. The molecular weight excluding hydrogens is 486 g/mol. The molecule has 1 saturated heterocycles. The summed E-state index contributed by atoms with van der Waals surface area (Å²) < 4.78 is 23.4. The number of aromatic nitrogens is 1. The van der Waals surface area contributed by atoms with Gasteiger partial charge in [0.25, 0.3) is 11.8 Å². The highest BCUT2D eigenvalue weighted by Gasteiger charge is 2.25. The predicted octanol–water partition coefficient (Wildman–Crippen LogP) is 4.72. The summed E-state index contributed by atoms with van der Waals surface area (Å²) in [4.78, 5) is 31.8. The average molecular weight is 512 g/mol. The first kappa shape index (κ1) is 24.9. The molecule has 1 aromatic heterocycles. The highest BCUT2D eigenvalue weighted by molar-refractivity contribution is 7.90. The molecule has 0 unspecified atom stereocenters. The Morgan fingerprint density at radius 1 is 1.00 bits per heavy atom. The Balaban J connectivity index is 1.41. The van der Waals surface area contributed by atoms with Crippen LogP contribution in [0.4, 0.5) is 5.69 Å². The lowest BCUT2D eigenvalue weighted by molar-refractivity contribution is 0.0712. The SMILES string of the molecule is Cc1ccc(C(=O)N2CCC(c3ccc(S(C)(=O)=O)cc3)CC2)cc1NC(=O)c1ccc(Cl)nc1. The van der Waals surface area contributed by atoms with Crippen molar-refractivity contribution in [1.29, 1.82) is 0 Å².